The maximum atomic E-state index is 11.7. The highest BCUT2D eigenvalue weighted by molar-refractivity contribution is 5.96. The number of carbonyl (C=O) groups excluding carboxylic acids is 3. The fourth-order valence-electron chi connectivity index (χ4n) is 2.25. The Hall–Kier alpha value is -3.21. The number of hydrogen-bond donors (Lipinski definition) is 2. The standard InChI is InChI=1S/C18H21N3O5/c1-25-14-6-2-3-7-15(14)26-13-5-4-10-19-16(22)8-11-21-12-9-17(23)20-18(21)24/h2-3,6-7H,8-13H2,1H3,(H,19,22)(H,20,23,24). The first-order valence-corrected chi connectivity index (χ1v) is 8.17. The van der Waals surface area contributed by atoms with Crippen molar-refractivity contribution < 1.29 is 23.9 Å². The van der Waals surface area contributed by atoms with Crippen molar-refractivity contribution in [3.05, 3.63) is 24.3 Å². The fourth-order valence-corrected chi connectivity index (χ4v) is 2.25. The zero-order valence-corrected chi connectivity index (χ0v) is 14.5. The predicted octanol–water partition coefficient (Wildman–Crippen LogP) is 0.526. The van der Waals surface area contributed by atoms with Crippen LogP contribution in [0, 0.1) is 11.8 Å². The van der Waals surface area contributed by atoms with E-state index in [-0.39, 0.29) is 44.4 Å². The number of nitrogens with one attached hydrogen (secondary N) is 2. The van der Waals surface area contributed by atoms with Crippen LogP contribution >= 0.6 is 0 Å². The number of urea groups is 1. The van der Waals surface area contributed by atoms with Gasteiger partial charge in [-0.1, -0.05) is 24.0 Å². The summed E-state index contributed by atoms with van der Waals surface area (Å²) in [7, 11) is 1.56. The van der Waals surface area contributed by atoms with Gasteiger partial charge in [0.2, 0.25) is 11.8 Å². The Kier molecular flexibility index (Phi) is 7.31. The number of para-hydroxylation sites is 2. The molecule has 138 valence electrons. The number of rotatable bonds is 7. The molecule has 8 heteroatoms. The first-order valence-electron chi connectivity index (χ1n) is 8.17. The molecule has 26 heavy (non-hydrogen) atoms. The molecule has 1 fully saturated rings. The number of methoxy groups -OCH3 is 1. The van der Waals surface area contributed by atoms with Crippen LogP contribution in [-0.2, 0) is 9.59 Å². The van der Waals surface area contributed by atoms with Crippen LogP contribution in [0.5, 0.6) is 11.5 Å². The van der Waals surface area contributed by atoms with Crippen LogP contribution in [-0.4, -0.2) is 56.1 Å². The number of nitrogens with zero attached hydrogens (tertiary/aromatic N) is 1. The molecule has 0 radical (unpaired) electrons. The Morgan fingerprint density at radius 1 is 1.27 bits per heavy atom. The van der Waals surface area contributed by atoms with Gasteiger partial charge in [0.05, 0.1) is 13.7 Å². The molecule has 0 aromatic heterocycles. The van der Waals surface area contributed by atoms with Gasteiger partial charge in [0.15, 0.2) is 11.5 Å². The predicted molar refractivity (Wildman–Crippen MR) is 93.6 cm³/mol. The second kappa shape index (κ2) is 9.93. The maximum Gasteiger partial charge on any atom is 0.324 e. The topological polar surface area (TPSA) is 97.0 Å². The van der Waals surface area contributed by atoms with Gasteiger partial charge in [-0.15, -0.1) is 0 Å². The zero-order valence-electron chi connectivity index (χ0n) is 14.5. The van der Waals surface area contributed by atoms with E-state index < -0.39 is 6.03 Å². The third-order valence-corrected chi connectivity index (χ3v) is 3.62. The van der Waals surface area contributed by atoms with Gasteiger partial charge in [-0.2, -0.15) is 0 Å². The molecule has 2 rings (SSSR count). The van der Waals surface area contributed by atoms with E-state index in [0.717, 1.165) is 0 Å². The molecule has 0 bridgehead atoms. The molecular weight excluding hydrogens is 338 g/mol. The van der Waals surface area contributed by atoms with Gasteiger partial charge in [-0.3, -0.25) is 14.9 Å². The van der Waals surface area contributed by atoms with Crippen molar-refractivity contribution in [2.75, 3.05) is 33.4 Å². The SMILES string of the molecule is COc1ccccc1OCC#CCNC(=O)CCN1CCC(=O)NC1=O. The fraction of sp³-hybridized carbons (Fsp3) is 0.389. The number of ether oxygens (including phenoxy) is 2. The molecule has 0 saturated carbocycles. The summed E-state index contributed by atoms with van der Waals surface area (Å²) >= 11 is 0. The molecule has 0 unspecified atom stereocenters. The van der Waals surface area contributed by atoms with Crippen LogP contribution in [0.1, 0.15) is 12.8 Å². The summed E-state index contributed by atoms with van der Waals surface area (Å²) in [6.45, 7) is 0.963. The minimum absolute atomic E-state index is 0.154. The van der Waals surface area contributed by atoms with Gasteiger partial charge >= 0.3 is 6.03 Å². The molecular formula is C18H21N3O5. The number of carbonyl (C=O) groups is 3. The highest BCUT2D eigenvalue weighted by atomic mass is 16.5. The highest BCUT2D eigenvalue weighted by Gasteiger charge is 2.22. The van der Waals surface area contributed by atoms with Crippen molar-refractivity contribution >= 4 is 17.8 Å². The van der Waals surface area contributed by atoms with E-state index in [1.165, 1.54) is 4.90 Å². The highest BCUT2D eigenvalue weighted by Crippen LogP contribution is 2.25. The molecule has 1 heterocycles. The molecule has 2 N–H and O–H groups in total. The first-order chi connectivity index (χ1) is 12.6. The van der Waals surface area contributed by atoms with Crippen molar-refractivity contribution in [2.45, 2.75) is 12.8 Å². The minimum atomic E-state index is -0.456. The largest absolute Gasteiger partial charge is 0.493 e. The van der Waals surface area contributed by atoms with Crippen LogP contribution < -0.4 is 20.1 Å². The minimum Gasteiger partial charge on any atom is -0.493 e. The summed E-state index contributed by atoms with van der Waals surface area (Å²) in [6.07, 6.45) is 0.409. The van der Waals surface area contributed by atoms with Gasteiger partial charge in [0.25, 0.3) is 0 Å². The van der Waals surface area contributed by atoms with Crippen molar-refractivity contribution in [3.63, 3.8) is 0 Å². The summed E-state index contributed by atoms with van der Waals surface area (Å²) in [5.74, 6) is 6.32. The van der Waals surface area contributed by atoms with Crippen LogP contribution in [0.15, 0.2) is 24.3 Å². The lowest BCUT2D eigenvalue weighted by Gasteiger charge is -2.26. The third-order valence-electron chi connectivity index (χ3n) is 3.62. The van der Waals surface area contributed by atoms with E-state index in [2.05, 4.69) is 22.5 Å². The van der Waals surface area contributed by atoms with Crippen molar-refractivity contribution in [1.82, 2.24) is 15.5 Å². The summed E-state index contributed by atoms with van der Waals surface area (Å²) in [4.78, 5) is 35.8. The average molecular weight is 359 g/mol. The molecule has 1 saturated heterocycles. The van der Waals surface area contributed by atoms with E-state index in [0.29, 0.717) is 18.0 Å². The third kappa shape index (κ3) is 6.02. The van der Waals surface area contributed by atoms with Gasteiger partial charge < -0.3 is 19.7 Å². The lowest BCUT2D eigenvalue weighted by Crippen LogP contribution is -2.50. The second-order valence-electron chi connectivity index (χ2n) is 5.41. The summed E-state index contributed by atoms with van der Waals surface area (Å²) in [5.41, 5.74) is 0. The average Bonchev–Trinajstić information content (AvgIpc) is 2.64. The number of imide groups is 1. The van der Waals surface area contributed by atoms with E-state index in [4.69, 9.17) is 9.47 Å². The normalized spacial score (nSPS) is 13.3. The molecule has 1 aromatic carbocycles. The van der Waals surface area contributed by atoms with Crippen LogP contribution in [0.25, 0.3) is 0 Å². The van der Waals surface area contributed by atoms with Crippen LogP contribution in [0.3, 0.4) is 0 Å². The Morgan fingerprint density at radius 3 is 2.77 bits per heavy atom. The Bertz CT molecular complexity index is 723. The van der Waals surface area contributed by atoms with Gasteiger partial charge in [-0.25, -0.2) is 4.79 Å². The summed E-state index contributed by atoms with van der Waals surface area (Å²) < 4.78 is 10.7. The van der Waals surface area contributed by atoms with E-state index >= 15 is 0 Å². The molecule has 1 aromatic rings. The van der Waals surface area contributed by atoms with E-state index in [1.807, 2.05) is 12.1 Å². The number of hydrogen-bond acceptors (Lipinski definition) is 5. The second-order valence-corrected chi connectivity index (χ2v) is 5.41. The molecule has 8 nitrogen and oxygen atoms in total. The van der Waals surface area contributed by atoms with Gasteiger partial charge in [-0.05, 0) is 12.1 Å². The van der Waals surface area contributed by atoms with Crippen molar-refractivity contribution in [3.8, 4) is 23.3 Å². The van der Waals surface area contributed by atoms with E-state index in [9.17, 15) is 14.4 Å². The van der Waals surface area contributed by atoms with Crippen LogP contribution in [0.4, 0.5) is 4.79 Å². The smallest absolute Gasteiger partial charge is 0.324 e. The Morgan fingerprint density at radius 2 is 2.04 bits per heavy atom. The maximum absolute atomic E-state index is 11.7. The molecule has 0 spiro atoms. The van der Waals surface area contributed by atoms with Crippen LogP contribution in [0.2, 0.25) is 0 Å². The molecule has 1 aliphatic rings. The monoisotopic (exact) mass is 359 g/mol. The molecule has 1 aliphatic heterocycles. The van der Waals surface area contributed by atoms with E-state index in [1.54, 1.807) is 19.2 Å². The summed E-state index contributed by atoms with van der Waals surface area (Å²) in [5, 5.41) is 4.86. The lowest BCUT2D eigenvalue weighted by atomic mass is 10.3. The van der Waals surface area contributed by atoms with Crippen molar-refractivity contribution in [1.29, 1.82) is 0 Å². The van der Waals surface area contributed by atoms with Gasteiger partial charge in [0.1, 0.15) is 6.61 Å². The quantitative estimate of drug-likeness (QED) is 0.692. The zero-order chi connectivity index (χ0) is 18.8. The van der Waals surface area contributed by atoms with Gasteiger partial charge in [0, 0.05) is 25.9 Å². The lowest BCUT2D eigenvalue weighted by molar-refractivity contribution is -0.121. The Balaban J connectivity index is 1.62. The molecule has 0 atom stereocenters. The summed E-state index contributed by atoms with van der Waals surface area (Å²) in [6, 6.07) is 6.80. The molecule has 4 amide bonds. The molecule has 0 aliphatic carbocycles. The van der Waals surface area contributed by atoms with Crippen molar-refractivity contribution in [2.24, 2.45) is 0 Å². The Labute approximate surface area is 151 Å². The first kappa shape index (κ1) is 19.1. The number of amides is 4. The number of benzene rings is 1.